The maximum Gasteiger partial charge on any atom is 0.408 e. The van der Waals surface area contributed by atoms with Gasteiger partial charge in [-0.3, -0.25) is 14.4 Å². The van der Waals surface area contributed by atoms with Crippen molar-refractivity contribution in [2.24, 2.45) is 17.6 Å². The number of nitrogens with two attached hydrogens (primary N) is 1. The van der Waals surface area contributed by atoms with Gasteiger partial charge in [-0.25, -0.2) is 4.79 Å². The first-order valence-corrected chi connectivity index (χ1v) is 10.4. The second-order valence-corrected chi connectivity index (χ2v) is 7.76. The van der Waals surface area contributed by atoms with Crippen molar-refractivity contribution >= 4 is 23.9 Å². The highest BCUT2D eigenvalue weighted by atomic mass is 16.5. The third-order valence-electron chi connectivity index (χ3n) is 4.50. The molecule has 0 saturated carbocycles. The number of esters is 1. The van der Waals surface area contributed by atoms with Crippen LogP contribution in [0.5, 0.6) is 0 Å². The Hall–Kier alpha value is -3.10. The van der Waals surface area contributed by atoms with E-state index in [1.54, 1.807) is 13.8 Å². The molecule has 0 saturated heterocycles. The molecule has 3 atom stereocenters. The Morgan fingerprint density at radius 3 is 2.19 bits per heavy atom. The Morgan fingerprint density at radius 2 is 1.65 bits per heavy atom. The van der Waals surface area contributed by atoms with Gasteiger partial charge in [-0.05, 0) is 30.7 Å². The van der Waals surface area contributed by atoms with Gasteiger partial charge in [-0.1, -0.05) is 51.1 Å². The van der Waals surface area contributed by atoms with Gasteiger partial charge in [0.1, 0.15) is 18.7 Å². The van der Waals surface area contributed by atoms with Crippen molar-refractivity contribution in [2.75, 3.05) is 6.61 Å². The fraction of sp³-hybridized carbons (Fsp3) is 0.545. The molecular weight excluding hydrogens is 402 g/mol. The molecule has 1 aromatic rings. The number of hydrogen-bond acceptors (Lipinski definition) is 6. The summed E-state index contributed by atoms with van der Waals surface area (Å²) >= 11 is 0. The summed E-state index contributed by atoms with van der Waals surface area (Å²) in [5, 5.41) is 5.10. The van der Waals surface area contributed by atoms with E-state index in [1.165, 1.54) is 0 Å². The number of hydrogen-bond donors (Lipinski definition) is 3. The normalized spacial score (nSPS) is 13.6. The number of carbonyl (C=O) groups excluding carboxylic acids is 4. The molecule has 4 N–H and O–H groups in total. The molecule has 31 heavy (non-hydrogen) atoms. The Balaban J connectivity index is 2.76. The molecule has 1 aromatic carbocycles. The Morgan fingerprint density at radius 1 is 1.00 bits per heavy atom. The van der Waals surface area contributed by atoms with Crippen LogP contribution in [0.1, 0.15) is 46.1 Å². The summed E-state index contributed by atoms with van der Waals surface area (Å²) in [6.45, 7) is 7.35. The lowest BCUT2D eigenvalue weighted by atomic mass is 9.96. The minimum Gasteiger partial charge on any atom is -0.466 e. The van der Waals surface area contributed by atoms with E-state index in [9.17, 15) is 19.2 Å². The first kappa shape index (κ1) is 25.9. The highest BCUT2D eigenvalue weighted by Gasteiger charge is 2.31. The molecule has 172 valence electrons. The van der Waals surface area contributed by atoms with E-state index in [4.69, 9.17) is 15.2 Å². The van der Waals surface area contributed by atoms with Gasteiger partial charge in [0, 0.05) is 0 Å². The molecule has 0 fully saturated rings. The van der Waals surface area contributed by atoms with Crippen molar-refractivity contribution in [2.45, 2.75) is 59.2 Å². The summed E-state index contributed by atoms with van der Waals surface area (Å²) in [6, 6.07) is 7.11. The lowest BCUT2D eigenvalue weighted by Crippen LogP contribution is -2.55. The van der Waals surface area contributed by atoms with Crippen molar-refractivity contribution in [1.29, 1.82) is 0 Å². The Kier molecular flexibility index (Phi) is 11.1. The standard InChI is InChI=1S/C22H33N3O6/c1-5-30-18(26)12-15(4)19(20(23)27)25-21(28)17(11-14(2)3)24-22(29)31-13-16-9-7-6-8-10-16/h6-10,14-15,17,19H,5,11-13H2,1-4H3,(H2,23,27)(H,24,29)(H,25,28)/t15-,17-,19-/m0/s1. The van der Waals surface area contributed by atoms with E-state index in [0.29, 0.717) is 6.42 Å². The van der Waals surface area contributed by atoms with E-state index in [-0.39, 0.29) is 25.6 Å². The fourth-order valence-electron chi connectivity index (χ4n) is 2.96. The van der Waals surface area contributed by atoms with E-state index in [1.807, 2.05) is 44.2 Å². The minimum absolute atomic E-state index is 0.0587. The first-order chi connectivity index (χ1) is 14.6. The first-order valence-electron chi connectivity index (χ1n) is 10.4. The van der Waals surface area contributed by atoms with Gasteiger partial charge in [-0.2, -0.15) is 0 Å². The van der Waals surface area contributed by atoms with E-state index in [0.717, 1.165) is 5.56 Å². The van der Waals surface area contributed by atoms with Gasteiger partial charge >= 0.3 is 12.1 Å². The van der Waals surface area contributed by atoms with Crippen LogP contribution in [0.3, 0.4) is 0 Å². The van der Waals surface area contributed by atoms with Crippen LogP contribution >= 0.6 is 0 Å². The third-order valence-corrected chi connectivity index (χ3v) is 4.50. The summed E-state index contributed by atoms with van der Waals surface area (Å²) in [7, 11) is 0. The van der Waals surface area contributed by atoms with Crippen LogP contribution in [0.25, 0.3) is 0 Å². The van der Waals surface area contributed by atoms with Gasteiger partial charge in [0.05, 0.1) is 13.0 Å². The zero-order valence-electron chi connectivity index (χ0n) is 18.6. The van der Waals surface area contributed by atoms with Gasteiger partial charge in [-0.15, -0.1) is 0 Å². The van der Waals surface area contributed by atoms with E-state index in [2.05, 4.69) is 10.6 Å². The van der Waals surface area contributed by atoms with Gasteiger partial charge < -0.3 is 25.8 Å². The van der Waals surface area contributed by atoms with E-state index >= 15 is 0 Å². The largest absolute Gasteiger partial charge is 0.466 e. The predicted molar refractivity (Wildman–Crippen MR) is 115 cm³/mol. The van der Waals surface area contributed by atoms with Crippen LogP contribution in [0.4, 0.5) is 4.79 Å². The van der Waals surface area contributed by atoms with E-state index < -0.39 is 41.9 Å². The second-order valence-electron chi connectivity index (χ2n) is 7.76. The lowest BCUT2D eigenvalue weighted by Gasteiger charge is -2.25. The summed E-state index contributed by atoms with van der Waals surface area (Å²) in [5.74, 6) is -2.35. The van der Waals surface area contributed by atoms with Crippen molar-refractivity contribution in [3.8, 4) is 0 Å². The SMILES string of the molecule is CCOC(=O)C[C@H](C)[C@H](NC(=O)[C@H](CC(C)C)NC(=O)OCc1ccccc1)C(N)=O. The molecule has 0 unspecified atom stereocenters. The summed E-state index contributed by atoms with van der Waals surface area (Å²) in [5.41, 5.74) is 6.24. The molecule has 9 heteroatoms. The van der Waals surface area contributed by atoms with Gasteiger partial charge in [0.15, 0.2) is 0 Å². The molecule has 0 aliphatic carbocycles. The van der Waals surface area contributed by atoms with Gasteiger partial charge in [0.25, 0.3) is 0 Å². The average Bonchev–Trinajstić information content (AvgIpc) is 2.70. The van der Waals surface area contributed by atoms with Crippen LogP contribution in [0.2, 0.25) is 0 Å². The smallest absolute Gasteiger partial charge is 0.408 e. The number of primary amides is 1. The van der Waals surface area contributed by atoms with Crippen LogP contribution in [-0.2, 0) is 30.5 Å². The maximum atomic E-state index is 12.8. The lowest BCUT2D eigenvalue weighted by molar-refractivity contribution is -0.145. The Labute approximate surface area is 183 Å². The highest BCUT2D eigenvalue weighted by molar-refractivity contribution is 5.91. The molecule has 0 heterocycles. The molecule has 0 radical (unpaired) electrons. The number of rotatable bonds is 12. The van der Waals surface area contributed by atoms with Crippen molar-refractivity contribution in [1.82, 2.24) is 10.6 Å². The molecule has 1 rings (SSSR count). The van der Waals surface area contributed by atoms with Crippen LogP contribution in [0.15, 0.2) is 30.3 Å². The summed E-state index contributed by atoms with van der Waals surface area (Å²) < 4.78 is 10.1. The minimum atomic E-state index is -1.09. The quantitative estimate of drug-likeness (QED) is 0.429. The molecule has 0 aromatic heterocycles. The van der Waals surface area contributed by atoms with Crippen molar-refractivity contribution in [3.05, 3.63) is 35.9 Å². The zero-order valence-corrected chi connectivity index (χ0v) is 18.6. The second kappa shape index (κ2) is 13.3. The maximum absolute atomic E-state index is 12.8. The van der Waals surface area contributed by atoms with Crippen LogP contribution in [-0.4, -0.2) is 42.6 Å². The topological polar surface area (TPSA) is 137 Å². The average molecular weight is 436 g/mol. The summed E-state index contributed by atoms with van der Waals surface area (Å²) in [6.07, 6.45) is -0.507. The number of benzene rings is 1. The third kappa shape index (κ3) is 9.97. The number of alkyl carbamates (subject to hydrolysis) is 1. The molecular formula is C22H33N3O6. The zero-order chi connectivity index (χ0) is 23.4. The number of amides is 3. The molecule has 0 bridgehead atoms. The number of ether oxygens (including phenoxy) is 2. The molecule has 0 aliphatic heterocycles. The summed E-state index contributed by atoms with van der Waals surface area (Å²) in [4.78, 5) is 48.6. The van der Waals surface area contributed by atoms with Gasteiger partial charge in [0.2, 0.25) is 11.8 Å². The van der Waals surface area contributed by atoms with Crippen LogP contribution < -0.4 is 16.4 Å². The molecule has 3 amide bonds. The molecule has 0 aliphatic rings. The fourth-order valence-corrected chi connectivity index (χ4v) is 2.96. The van der Waals surface area contributed by atoms with Crippen LogP contribution in [0, 0.1) is 11.8 Å². The van der Waals surface area contributed by atoms with Crippen molar-refractivity contribution < 1.29 is 28.7 Å². The Bertz CT molecular complexity index is 738. The predicted octanol–water partition coefficient (Wildman–Crippen LogP) is 1.89. The molecule has 0 spiro atoms. The molecule has 9 nitrogen and oxygen atoms in total. The monoisotopic (exact) mass is 435 g/mol. The number of carbonyl (C=O) groups is 4. The van der Waals surface area contributed by atoms with Crippen molar-refractivity contribution in [3.63, 3.8) is 0 Å². The number of nitrogens with one attached hydrogen (secondary N) is 2. The highest BCUT2D eigenvalue weighted by Crippen LogP contribution is 2.12.